The van der Waals surface area contributed by atoms with E-state index in [0.717, 1.165) is 16.7 Å². The first-order chi connectivity index (χ1) is 17.4. The molecule has 3 aromatic rings. The van der Waals surface area contributed by atoms with Gasteiger partial charge in [0.15, 0.2) is 17.6 Å². The maximum atomic E-state index is 13.0. The zero-order valence-electron chi connectivity index (χ0n) is 21.5. The third-order valence-electron chi connectivity index (χ3n) is 6.06. The van der Waals surface area contributed by atoms with E-state index >= 15 is 0 Å². The summed E-state index contributed by atoms with van der Waals surface area (Å²) < 4.78 is 16.6. The van der Waals surface area contributed by atoms with E-state index in [1.807, 2.05) is 57.2 Å². The Morgan fingerprint density at radius 3 is 2.36 bits per heavy atom. The summed E-state index contributed by atoms with van der Waals surface area (Å²) in [5.41, 5.74) is 3.92. The van der Waals surface area contributed by atoms with Gasteiger partial charge in [0.2, 0.25) is 0 Å². The Morgan fingerprint density at radius 1 is 0.889 bits per heavy atom. The van der Waals surface area contributed by atoms with Crippen LogP contribution in [0, 0.1) is 13.8 Å². The number of amides is 2. The van der Waals surface area contributed by atoms with Gasteiger partial charge in [0.05, 0.1) is 25.5 Å². The molecular weight excluding hydrogens is 456 g/mol. The lowest BCUT2D eigenvalue weighted by Gasteiger charge is -2.20. The van der Waals surface area contributed by atoms with Gasteiger partial charge in [-0.25, -0.2) is 0 Å². The van der Waals surface area contributed by atoms with Crippen molar-refractivity contribution < 1.29 is 23.8 Å². The van der Waals surface area contributed by atoms with Gasteiger partial charge in [0.1, 0.15) is 5.75 Å². The lowest BCUT2D eigenvalue weighted by molar-refractivity contribution is -0.122. The Hall–Kier alpha value is -4.00. The second kappa shape index (κ2) is 12.6. The van der Waals surface area contributed by atoms with Crippen LogP contribution in [0.15, 0.2) is 60.7 Å². The van der Waals surface area contributed by atoms with E-state index in [-0.39, 0.29) is 11.8 Å². The van der Waals surface area contributed by atoms with Crippen molar-refractivity contribution in [2.24, 2.45) is 0 Å². The molecule has 0 aliphatic carbocycles. The second-order valence-electron chi connectivity index (χ2n) is 8.44. The van der Waals surface area contributed by atoms with Crippen LogP contribution in [0.1, 0.15) is 40.4 Å². The van der Waals surface area contributed by atoms with E-state index in [4.69, 9.17) is 14.2 Å². The number of rotatable bonds is 11. The molecule has 0 fully saturated rings. The smallest absolute Gasteiger partial charge is 0.265 e. The molecule has 0 aromatic heterocycles. The van der Waals surface area contributed by atoms with Crippen LogP contribution in [0.25, 0.3) is 0 Å². The van der Waals surface area contributed by atoms with Gasteiger partial charge in [-0.1, -0.05) is 37.3 Å². The Bertz CT molecular complexity index is 1210. The highest BCUT2D eigenvalue weighted by Crippen LogP contribution is 2.28. The minimum Gasteiger partial charge on any atom is -0.493 e. The summed E-state index contributed by atoms with van der Waals surface area (Å²) in [7, 11) is 3.18. The van der Waals surface area contributed by atoms with Gasteiger partial charge in [-0.2, -0.15) is 0 Å². The van der Waals surface area contributed by atoms with Gasteiger partial charge in [-0.15, -0.1) is 0 Å². The van der Waals surface area contributed by atoms with Crippen molar-refractivity contribution in [1.82, 2.24) is 5.32 Å². The van der Waals surface area contributed by atoms with Crippen molar-refractivity contribution in [3.05, 3.63) is 82.9 Å². The quantitative estimate of drug-likeness (QED) is 0.391. The monoisotopic (exact) mass is 490 g/mol. The summed E-state index contributed by atoms with van der Waals surface area (Å²) in [6, 6.07) is 18.4. The summed E-state index contributed by atoms with van der Waals surface area (Å²) in [6.45, 7) is 6.28. The number of nitrogens with one attached hydrogen (secondary N) is 2. The molecule has 0 aliphatic heterocycles. The molecule has 1 atom stereocenters. The van der Waals surface area contributed by atoms with Crippen LogP contribution < -0.4 is 24.8 Å². The molecule has 36 heavy (non-hydrogen) atoms. The van der Waals surface area contributed by atoms with E-state index in [0.29, 0.717) is 47.9 Å². The number of carbonyl (C=O) groups is 2. The van der Waals surface area contributed by atoms with E-state index in [9.17, 15) is 9.59 Å². The van der Waals surface area contributed by atoms with E-state index in [1.54, 1.807) is 38.5 Å². The van der Waals surface area contributed by atoms with Crippen molar-refractivity contribution in [2.75, 3.05) is 26.1 Å². The van der Waals surface area contributed by atoms with Crippen LogP contribution in [0.2, 0.25) is 0 Å². The fourth-order valence-electron chi connectivity index (χ4n) is 3.78. The van der Waals surface area contributed by atoms with Crippen LogP contribution in [-0.4, -0.2) is 38.7 Å². The predicted octanol–water partition coefficient (Wildman–Crippen LogP) is 5.09. The maximum absolute atomic E-state index is 13.0. The number of ether oxygens (including phenoxy) is 3. The Morgan fingerprint density at radius 2 is 1.64 bits per heavy atom. The van der Waals surface area contributed by atoms with Crippen molar-refractivity contribution in [3.63, 3.8) is 0 Å². The molecule has 190 valence electrons. The van der Waals surface area contributed by atoms with Gasteiger partial charge < -0.3 is 24.8 Å². The molecular formula is C29H34N2O5. The molecule has 0 heterocycles. The number of para-hydroxylation sites is 1. The van der Waals surface area contributed by atoms with Gasteiger partial charge in [-0.05, 0) is 73.7 Å². The van der Waals surface area contributed by atoms with Crippen molar-refractivity contribution in [1.29, 1.82) is 0 Å². The van der Waals surface area contributed by atoms with Crippen LogP contribution in [0.5, 0.6) is 17.2 Å². The SMILES string of the molecule is CC[C@H](Oc1cccc(C)c1C)C(=O)Nc1ccccc1C(=O)NCCc1ccc(OC)c(OC)c1. The number of hydrogen-bond donors (Lipinski definition) is 2. The molecule has 2 amide bonds. The highest BCUT2D eigenvalue weighted by Gasteiger charge is 2.22. The first-order valence-electron chi connectivity index (χ1n) is 12.0. The number of aryl methyl sites for hydroxylation is 1. The number of carbonyl (C=O) groups excluding carboxylic acids is 2. The molecule has 0 saturated heterocycles. The van der Waals surface area contributed by atoms with Crippen molar-refractivity contribution in [3.8, 4) is 17.2 Å². The molecule has 0 aliphatic rings. The van der Waals surface area contributed by atoms with Gasteiger partial charge >= 0.3 is 0 Å². The first-order valence-corrected chi connectivity index (χ1v) is 12.0. The highest BCUT2D eigenvalue weighted by atomic mass is 16.5. The van der Waals surface area contributed by atoms with Crippen LogP contribution in [0.4, 0.5) is 5.69 Å². The fourth-order valence-corrected chi connectivity index (χ4v) is 3.78. The van der Waals surface area contributed by atoms with Crippen LogP contribution >= 0.6 is 0 Å². The van der Waals surface area contributed by atoms with Gasteiger partial charge in [0, 0.05) is 6.54 Å². The zero-order valence-corrected chi connectivity index (χ0v) is 21.5. The third kappa shape index (κ3) is 6.56. The lowest BCUT2D eigenvalue weighted by atomic mass is 10.1. The molecule has 3 aromatic carbocycles. The van der Waals surface area contributed by atoms with Gasteiger partial charge in [-0.3, -0.25) is 9.59 Å². The molecule has 0 saturated carbocycles. The first kappa shape index (κ1) is 26.6. The number of hydrogen-bond acceptors (Lipinski definition) is 5. The average Bonchev–Trinajstić information content (AvgIpc) is 2.89. The zero-order chi connectivity index (χ0) is 26.1. The Labute approximate surface area is 212 Å². The standard InChI is InChI=1S/C29H34N2O5/c1-6-24(36-25-13-9-10-19(2)20(25)3)29(33)31-23-12-8-7-11-22(23)28(32)30-17-16-21-14-15-26(34-4)27(18-21)35-5/h7-15,18,24H,6,16-17H2,1-5H3,(H,30,32)(H,31,33)/t24-/m0/s1. The number of anilines is 1. The molecule has 0 bridgehead atoms. The van der Waals surface area contributed by atoms with Crippen LogP contribution in [0.3, 0.4) is 0 Å². The second-order valence-corrected chi connectivity index (χ2v) is 8.44. The molecule has 0 radical (unpaired) electrons. The number of benzene rings is 3. The number of methoxy groups -OCH3 is 2. The minimum absolute atomic E-state index is 0.269. The Kier molecular flexibility index (Phi) is 9.33. The fraction of sp³-hybridized carbons (Fsp3) is 0.310. The summed E-state index contributed by atoms with van der Waals surface area (Å²) in [5, 5.41) is 5.81. The van der Waals surface area contributed by atoms with E-state index in [2.05, 4.69) is 10.6 Å². The molecule has 7 nitrogen and oxygen atoms in total. The molecule has 3 rings (SSSR count). The summed E-state index contributed by atoms with van der Waals surface area (Å²) in [5.74, 6) is 1.40. The summed E-state index contributed by atoms with van der Waals surface area (Å²) >= 11 is 0. The van der Waals surface area contributed by atoms with E-state index in [1.165, 1.54) is 0 Å². The molecule has 7 heteroatoms. The molecule has 0 spiro atoms. The highest BCUT2D eigenvalue weighted by molar-refractivity contribution is 6.04. The third-order valence-corrected chi connectivity index (χ3v) is 6.06. The van der Waals surface area contributed by atoms with Crippen LogP contribution in [-0.2, 0) is 11.2 Å². The van der Waals surface area contributed by atoms with Crippen molar-refractivity contribution in [2.45, 2.75) is 39.7 Å². The lowest BCUT2D eigenvalue weighted by Crippen LogP contribution is -2.34. The van der Waals surface area contributed by atoms with Gasteiger partial charge in [0.25, 0.3) is 11.8 Å². The maximum Gasteiger partial charge on any atom is 0.265 e. The van der Waals surface area contributed by atoms with E-state index < -0.39 is 6.10 Å². The predicted molar refractivity (Wildman–Crippen MR) is 141 cm³/mol. The largest absolute Gasteiger partial charge is 0.493 e. The topological polar surface area (TPSA) is 85.9 Å². The summed E-state index contributed by atoms with van der Waals surface area (Å²) in [4.78, 5) is 26.0. The molecule has 0 unspecified atom stereocenters. The molecule has 2 N–H and O–H groups in total. The minimum atomic E-state index is -0.688. The normalized spacial score (nSPS) is 11.4. The summed E-state index contributed by atoms with van der Waals surface area (Å²) in [6.07, 6.45) is 0.410. The van der Waals surface area contributed by atoms with Crippen molar-refractivity contribution >= 4 is 17.5 Å². The average molecular weight is 491 g/mol. The Balaban J connectivity index is 1.64.